The van der Waals surface area contributed by atoms with E-state index in [4.69, 9.17) is 14.2 Å². The summed E-state index contributed by atoms with van der Waals surface area (Å²) >= 11 is 1.81. The Morgan fingerprint density at radius 3 is 2.90 bits per heavy atom. The predicted octanol–water partition coefficient (Wildman–Crippen LogP) is 4.98. The van der Waals surface area contributed by atoms with E-state index in [-0.39, 0.29) is 0 Å². The Labute approximate surface area is 175 Å². The van der Waals surface area contributed by atoms with Gasteiger partial charge in [0.15, 0.2) is 0 Å². The summed E-state index contributed by atoms with van der Waals surface area (Å²) in [4.78, 5) is 7.35. The monoisotopic (exact) mass is 409 g/mol. The molecule has 5 rings (SSSR count). The summed E-state index contributed by atoms with van der Waals surface area (Å²) in [5.41, 5.74) is 5.51. The van der Waals surface area contributed by atoms with Crippen LogP contribution in [0.1, 0.15) is 41.3 Å². The van der Waals surface area contributed by atoms with E-state index in [1.807, 2.05) is 25.2 Å². The number of thiophene rings is 1. The average molecular weight is 410 g/mol. The number of nitrogens with zero attached hydrogens (tertiary/aromatic N) is 2. The van der Waals surface area contributed by atoms with Gasteiger partial charge in [0.25, 0.3) is 5.89 Å². The number of fused-ring (bicyclic) bond motifs is 3. The third-order valence-corrected chi connectivity index (χ3v) is 7.85. The van der Waals surface area contributed by atoms with Crippen molar-refractivity contribution in [2.75, 3.05) is 20.2 Å². The van der Waals surface area contributed by atoms with E-state index in [9.17, 15) is 0 Å². The smallest absolute Gasteiger partial charge is 0.268 e. The zero-order valence-electron chi connectivity index (χ0n) is 17.6. The third kappa shape index (κ3) is 2.92. The van der Waals surface area contributed by atoms with Gasteiger partial charge in [-0.15, -0.1) is 11.3 Å². The number of aryl methyl sites for hydroxylation is 2. The normalized spacial score (nSPS) is 21.1. The summed E-state index contributed by atoms with van der Waals surface area (Å²) in [5, 5.41) is 7.37. The highest BCUT2D eigenvalue weighted by atomic mass is 32.1. The van der Waals surface area contributed by atoms with Gasteiger partial charge in [-0.05, 0) is 79.5 Å². The molecule has 2 atom stereocenters. The Hall–Kier alpha value is -2.18. The zero-order chi connectivity index (χ0) is 20.3. The fourth-order valence-corrected chi connectivity index (χ4v) is 6.13. The van der Waals surface area contributed by atoms with Gasteiger partial charge in [0.2, 0.25) is 5.82 Å². The number of aromatic nitrogens is 2. The first-order valence-electron chi connectivity index (χ1n) is 10.3. The van der Waals surface area contributed by atoms with Gasteiger partial charge in [-0.1, -0.05) is 19.0 Å². The SMILES string of the molecule is CNCCOc1ccc(-c2noc(-c3sc(C)c4c3C[C@@H]3[C@H]4C3(C)C)n2)c(C)c1. The number of ether oxygens (including phenoxy) is 1. The van der Waals surface area contributed by atoms with Crippen LogP contribution in [0.25, 0.3) is 22.2 Å². The second kappa shape index (κ2) is 6.67. The standard InChI is InChI=1S/C23H27N3O2S/c1-12-10-14(27-9-8-24-5)6-7-15(12)21-25-22(28-26-21)20-16-11-17-19(23(17,3)4)18(16)13(2)29-20/h6-7,10,17,19,24H,8-9,11H2,1-5H3/t17-,19-/m1/s1. The minimum Gasteiger partial charge on any atom is -0.492 e. The Kier molecular flexibility index (Phi) is 4.33. The van der Waals surface area contributed by atoms with Gasteiger partial charge >= 0.3 is 0 Å². The van der Waals surface area contributed by atoms with Gasteiger partial charge in [0.05, 0.1) is 4.88 Å². The quantitative estimate of drug-likeness (QED) is 0.582. The zero-order valence-corrected chi connectivity index (χ0v) is 18.4. The van der Waals surface area contributed by atoms with Crippen LogP contribution in [0.3, 0.4) is 0 Å². The number of rotatable bonds is 6. The molecule has 1 saturated carbocycles. The second-order valence-corrected chi connectivity index (χ2v) is 10.1. The molecule has 1 aromatic carbocycles. The van der Waals surface area contributed by atoms with E-state index in [1.54, 1.807) is 16.9 Å². The van der Waals surface area contributed by atoms with Crippen molar-refractivity contribution in [3.8, 4) is 27.9 Å². The molecule has 2 aliphatic rings. The van der Waals surface area contributed by atoms with Crippen molar-refractivity contribution in [1.29, 1.82) is 0 Å². The molecular weight excluding hydrogens is 382 g/mol. The van der Waals surface area contributed by atoms with E-state index in [0.717, 1.165) is 35.8 Å². The first-order valence-corrected chi connectivity index (χ1v) is 11.1. The molecule has 5 nitrogen and oxygen atoms in total. The van der Waals surface area contributed by atoms with Crippen LogP contribution in [0.5, 0.6) is 5.75 Å². The highest BCUT2D eigenvalue weighted by molar-refractivity contribution is 7.15. The van der Waals surface area contributed by atoms with E-state index < -0.39 is 0 Å². The summed E-state index contributed by atoms with van der Waals surface area (Å²) in [6, 6.07) is 6.01. The topological polar surface area (TPSA) is 60.2 Å². The van der Waals surface area contributed by atoms with Crippen LogP contribution in [-0.2, 0) is 6.42 Å². The summed E-state index contributed by atoms with van der Waals surface area (Å²) in [7, 11) is 1.92. The highest BCUT2D eigenvalue weighted by Gasteiger charge is 2.63. The molecule has 0 aliphatic heterocycles. The molecule has 2 aliphatic carbocycles. The third-order valence-electron chi connectivity index (χ3n) is 6.70. The molecule has 1 N–H and O–H groups in total. The van der Waals surface area contributed by atoms with Crippen LogP contribution in [-0.4, -0.2) is 30.3 Å². The lowest BCUT2D eigenvalue weighted by Crippen LogP contribution is -2.15. The van der Waals surface area contributed by atoms with Crippen LogP contribution in [0.2, 0.25) is 0 Å². The molecule has 1 fully saturated rings. The molecule has 152 valence electrons. The fraction of sp³-hybridized carbons (Fsp3) is 0.478. The molecule has 0 saturated heterocycles. The van der Waals surface area contributed by atoms with Crippen LogP contribution in [0.15, 0.2) is 22.7 Å². The summed E-state index contributed by atoms with van der Waals surface area (Å²) in [6.45, 7) is 10.5. The largest absolute Gasteiger partial charge is 0.492 e. The maximum atomic E-state index is 5.75. The summed E-state index contributed by atoms with van der Waals surface area (Å²) < 4.78 is 11.5. The minimum atomic E-state index is 0.449. The lowest BCUT2D eigenvalue weighted by molar-refractivity contribution is 0.318. The van der Waals surface area contributed by atoms with Crippen LogP contribution < -0.4 is 10.1 Å². The Morgan fingerprint density at radius 2 is 2.14 bits per heavy atom. The number of hydrogen-bond acceptors (Lipinski definition) is 6. The van der Waals surface area contributed by atoms with Crippen molar-refractivity contribution in [3.05, 3.63) is 39.8 Å². The van der Waals surface area contributed by atoms with E-state index in [0.29, 0.717) is 29.7 Å². The van der Waals surface area contributed by atoms with E-state index in [1.165, 1.54) is 15.3 Å². The van der Waals surface area contributed by atoms with E-state index >= 15 is 0 Å². The van der Waals surface area contributed by atoms with Crippen LogP contribution in [0.4, 0.5) is 0 Å². The maximum Gasteiger partial charge on any atom is 0.268 e. The highest BCUT2D eigenvalue weighted by Crippen LogP contribution is 2.72. The van der Waals surface area contributed by atoms with Crippen molar-refractivity contribution < 1.29 is 9.26 Å². The lowest BCUT2D eigenvalue weighted by atomic mass is 9.95. The summed E-state index contributed by atoms with van der Waals surface area (Å²) in [5.74, 6) is 3.64. The Balaban J connectivity index is 1.42. The summed E-state index contributed by atoms with van der Waals surface area (Å²) in [6.07, 6.45) is 1.14. The first kappa shape index (κ1) is 18.8. The van der Waals surface area contributed by atoms with Crippen LogP contribution in [0, 0.1) is 25.2 Å². The Bertz CT molecular complexity index is 1080. The fourth-order valence-electron chi connectivity index (χ4n) is 4.98. The molecule has 0 spiro atoms. The van der Waals surface area contributed by atoms with Gasteiger partial charge in [0, 0.05) is 17.0 Å². The molecule has 2 aromatic heterocycles. The molecule has 0 amide bonds. The van der Waals surface area contributed by atoms with Gasteiger partial charge in [-0.2, -0.15) is 4.98 Å². The molecule has 6 heteroatoms. The Morgan fingerprint density at radius 1 is 1.31 bits per heavy atom. The number of nitrogens with one attached hydrogen (secondary N) is 1. The van der Waals surface area contributed by atoms with Gasteiger partial charge in [0.1, 0.15) is 12.4 Å². The number of hydrogen-bond donors (Lipinski definition) is 1. The molecule has 2 heterocycles. The molecule has 0 bridgehead atoms. The molecule has 3 aromatic rings. The van der Waals surface area contributed by atoms with Gasteiger partial charge in [-0.25, -0.2) is 0 Å². The van der Waals surface area contributed by atoms with Crippen molar-refractivity contribution >= 4 is 11.3 Å². The number of likely N-dealkylation sites (N-methyl/N-ethyl adjacent to an activating group) is 1. The van der Waals surface area contributed by atoms with E-state index in [2.05, 4.69) is 38.2 Å². The average Bonchev–Trinajstić information content (AvgIpc) is 3.17. The molecule has 0 unspecified atom stereocenters. The van der Waals surface area contributed by atoms with Crippen molar-refractivity contribution in [1.82, 2.24) is 15.5 Å². The molecule has 0 radical (unpaired) electrons. The second-order valence-electron chi connectivity index (χ2n) is 8.84. The maximum absolute atomic E-state index is 5.75. The van der Waals surface area contributed by atoms with Crippen molar-refractivity contribution in [2.24, 2.45) is 11.3 Å². The number of benzene rings is 1. The lowest BCUT2D eigenvalue weighted by Gasteiger charge is -2.09. The van der Waals surface area contributed by atoms with Gasteiger partial charge < -0.3 is 14.6 Å². The predicted molar refractivity (Wildman–Crippen MR) is 116 cm³/mol. The van der Waals surface area contributed by atoms with Gasteiger partial charge in [-0.3, -0.25) is 0 Å². The minimum absolute atomic E-state index is 0.449. The van der Waals surface area contributed by atoms with Crippen LogP contribution >= 0.6 is 11.3 Å². The molecular formula is C23H27N3O2S. The first-order chi connectivity index (χ1) is 13.9. The van der Waals surface area contributed by atoms with Crippen molar-refractivity contribution in [3.63, 3.8) is 0 Å². The van der Waals surface area contributed by atoms with Crippen molar-refractivity contribution in [2.45, 2.75) is 40.0 Å². The molecule has 29 heavy (non-hydrogen) atoms.